The molecule has 18 heavy (non-hydrogen) atoms. The van der Waals surface area contributed by atoms with Gasteiger partial charge in [-0.1, -0.05) is 13.0 Å². The molecule has 1 heterocycles. The smallest absolute Gasteiger partial charge is 0.309 e. The Kier molecular flexibility index (Phi) is 5.58. The van der Waals surface area contributed by atoms with Crippen LogP contribution in [0.5, 0.6) is 5.88 Å². The lowest BCUT2D eigenvalue weighted by Crippen LogP contribution is -2.36. The van der Waals surface area contributed by atoms with E-state index in [0.29, 0.717) is 12.4 Å². The van der Waals surface area contributed by atoms with E-state index in [1.165, 1.54) is 7.11 Å². The van der Waals surface area contributed by atoms with Crippen LogP contribution in [0.15, 0.2) is 18.3 Å². The summed E-state index contributed by atoms with van der Waals surface area (Å²) in [5.74, 6) is 0.207. The van der Waals surface area contributed by atoms with Gasteiger partial charge in [0, 0.05) is 24.8 Å². The van der Waals surface area contributed by atoms with Crippen LogP contribution in [0, 0.1) is 5.92 Å². The first-order chi connectivity index (χ1) is 8.58. The first-order valence-corrected chi connectivity index (χ1v) is 5.88. The Morgan fingerprint density at radius 3 is 2.61 bits per heavy atom. The number of methoxy groups -OCH3 is 2. The van der Waals surface area contributed by atoms with Crippen molar-refractivity contribution >= 4 is 5.97 Å². The summed E-state index contributed by atoms with van der Waals surface area (Å²) >= 11 is 0. The van der Waals surface area contributed by atoms with Gasteiger partial charge in [-0.15, -0.1) is 0 Å². The second kappa shape index (κ2) is 6.96. The number of nitrogens with one attached hydrogen (secondary N) is 1. The van der Waals surface area contributed by atoms with Crippen molar-refractivity contribution in [2.24, 2.45) is 5.92 Å². The molecule has 2 atom stereocenters. The SMILES string of the molecule is COC(=O)C(C)C(C)NCc1ccc(OC)nc1. The van der Waals surface area contributed by atoms with Crippen molar-refractivity contribution in [2.75, 3.05) is 14.2 Å². The number of hydrogen-bond donors (Lipinski definition) is 1. The van der Waals surface area contributed by atoms with Crippen LogP contribution in [0.4, 0.5) is 0 Å². The average Bonchev–Trinajstić information content (AvgIpc) is 2.43. The number of aromatic nitrogens is 1. The molecule has 1 aromatic heterocycles. The second-order valence-electron chi connectivity index (χ2n) is 4.19. The lowest BCUT2D eigenvalue weighted by atomic mass is 10.0. The minimum atomic E-state index is -0.206. The van der Waals surface area contributed by atoms with E-state index < -0.39 is 0 Å². The number of carbonyl (C=O) groups is 1. The van der Waals surface area contributed by atoms with E-state index in [0.717, 1.165) is 5.56 Å². The van der Waals surface area contributed by atoms with Crippen LogP contribution in [0.3, 0.4) is 0 Å². The van der Waals surface area contributed by atoms with Gasteiger partial charge in [0.1, 0.15) is 0 Å². The standard InChI is InChI=1S/C13H20N2O3/c1-9(13(16)18-4)10(2)14-7-11-5-6-12(17-3)15-8-11/h5-6,8-10,14H,7H2,1-4H3. The lowest BCUT2D eigenvalue weighted by molar-refractivity contribution is -0.145. The molecule has 0 bridgehead atoms. The number of rotatable bonds is 6. The van der Waals surface area contributed by atoms with E-state index in [1.807, 2.05) is 26.0 Å². The molecule has 0 aliphatic heterocycles. The molecular weight excluding hydrogens is 232 g/mol. The summed E-state index contributed by atoms with van der Waals surface area (Å²) in [5, 5.41) is 3.27. The second-order valence-corrected chi connectivity index (χ2v) is 4.19. The van der Waals surface area contributed by atoms with Gasteiger partial charge in [0.25, 0.3) is 0 Å². The van der Waals surface area contributed by atoms with Crippen molar-refractivity contribution in [1.29, 1.82) is 0 Å². The Labute approximate surface area is 108 Å². The molecule has 0 spiro atoms. The number of carbonyl (C=O) groups excluding carboxylic acids is 1. The molecule has 0 amide bonds. The van der Waals surface area contributed by atoms with E-state index in [9.17, 15) is 4.79 Å². The third-order valence-electron chi connectivity index (χ3n) is 2.96. The number of esters is 1. The number of hydrogen-bond acceptors (Lipinski definition) is 5. The monoisotopic (exact) mass is 252 g/mol. The Morgan fingerprint density at radius 2 is 2.11 bits per heavy atom. The lowest BCUT2D eigenvalue weighted by Gasteiger charge is -2.19. The van der Waals surface area contributed by atoms with Crippen molar-refractivity contribution in [2.45, 2.75) is 26.4 Å². The largest absolute Gasteiger partial charge is 0.481 e. The Balaban J connectivity index is 2.46. The van der Waals surface area contributed by atoms with Gasteiger partial charge in [0.15, 0.2) is 0 Å². The van der Waals surface area contributed by atoms with Crippen molar-refractivity contribution in [3.63, 3.8) is 0 Å². The molecule has 0 saturated heterocycles. The highest BCUT2D eigenvalue weighted by molar-refractivity contribution is 5.72. The zero-order valence-electron chi connectivity index (χ0n) is 11.3. The van der Waals surface area contributed by atoms with Gasteiger partial charge in [-0.05, 0) is 12.5 Å². The molecule has 2 unspecified atom stereocenters. The topological polar surface area (TPSA) is 60.5 Å². The zero-order valence-corrected chi connectivity index (χ0v) is 11.3. The Bertz CT molecular complexity index is 378. The molecule has 0 fully saturated rings. The van der Waals surface area contributed by atoms with Gasteiger partial charge in [0.2, 0.25) is 5.88 Å². The summed E-state index contributed by atoms with van der Waals surface area (Å²) in [5.41, 5.74) is 1.04. The zero-order chi connectivity index (χ0) is 13.5. The van der Waals surface area contributed by atoms with Gasteiger partial charge < -0.3 is 14.8 Å². The number of nitrogens with zero attached hydrogens (tertiary/aromatic N) is 1. The molecular formula is C13H20N2O3. The molecule has 1 N–H and O–H groups in total. The first kappa shape index (κ1) is 14.4. The quantitative estimate of drug-likeness (QED) is 0.775. The maximum atomic E-state index is 11.4. The minimum Gasteiger partial charge on any atom is -0.481 e. The summed E-state index contributed by atoms with van der Waals surface area (Å²) < 4.78 is 9.69. The van der Waals surface area contributed by atoms with Crippen LogP contribution in [0.2, 0.25) is 0 Å². The van der Waals surface area contributed by atoms with Crippen LogP contribution in [0.1, 0.15) is 19.4 Å². The highest BCUT2D eigenvalue weighted by atomic mass is 16.5. The molecule has 100 valence electrons. The van der Waals surface area contributed by atoms with E-state index in [1.54, 1.807) is 13.3 Å². The summed E-state index contributed by atoms with van der Waals surface area (Å²) in [4.78, 5) is 15.5. The maximum Gasteiger partial charge on any atom is 0.309 e. The van der Waals surface area contributed by atoms with Crippen LogP contribution in [-0.4, -0.2) is 31.2 Å². The molecule has 0 saturated carbocycles. The van der Waals surface area contributed by atoms with Gasteiger partial charge in [0.05, 0.1) is 20.1 Å². The summed E-state index contributed by atoms with van der Waals surface area (Å²) in [6.45, 7) is 4.45. The van der Waals surface area contributed by atoms with Crippen molar-refractivity contribution in [3.8, 4) is 5.88 Å². The number of pyridine rings is 1. The fourth-order valence-corrected chi connectivity index (χ4v) is 1.48. The molecule has 0 aliphatic rings. The summed E-state index contributed by atoms with van der Waals surface area (Å²) in [6.07, 6.45) is 1.75. The predicted molar refractivity (Wildman–Crippen MR) is 68.3 cm³/mol. The van der Waals surface area contributed by atoms with E-state index in [4.69, 9.17) is 9.47 Å². The Morgan fingerprint density at radius 1 is 1.39 bits per heavy atom. The fourth-order valence-electron chi connectivity index (χ4n) is 1.48. The number of ether oxygens (including phenoxy) is 2. The van der Waals surface area contributed by atoms with E-state index >= 15 is 0 Å². The highest BCUT2D eigenvalue weighted by Gasteiger charge is 2.20. The fraction of sp³-hybridized carbons (Fsp3) is 0.538. The molecule has 5 nitrogen and oxygen atoms in total. The Hall–Kier alpha value is -1.62. The van der Waals surface area contributed by atoms with Crippen molar-refractivity contribution in [3.05, 3.63) is 23.9 Å². The van der Waals surface area contributed by atoms with Crippen molar-refractivity contribution in [1.82, 2.24) is 10.3 Å². The average molecular weight is 252 g/mol. The van der Waals surface area contributed by atoms with Gasteiger partial charge in [-0.2, -0.15) is 0 Å². The third-order valence-corrected chi connectivity index (χ3v) is 2.96. The third kappa shape index (κ3) is 4.00. The van der Waals surface area contributed by atoms with Crippen LogP contribution < -0.4 is 10.1 Å². The maximum absolute atomic E-state index is 11.4. The van der Waals surface area contributed by atoms with Crippen LogP contribution >= 0.6 is 0 Å². The van der Waals surface area contributed by atoms with Crippen LogP contribution in [-0.2, 0) is 16.1 Å². The predicted octanol–water partition coefficient (Wildman–Crippen LogP) is 1.38. The van der Waals surface area contributed by atoms with Crippen LogP contribution in [0.25, 0.3) is 0 Å². The first-order valence-electron chi connectivity index (χ1n) is 5.88. The van der Waals surface area contributed by atoms with E-state index in [2.05, 4.69) is 10.3 Å². The molecule has 5 heteroatoms. The molecule has 1 aromatic rings. The van der Waals surface area contributed by atoms with E-state index in [-0.39, 0.29) is 17.9 Å². The minimum absolute atomic E-state index is 0.0413. The molecule has 0 aliphatic carbocycles. The summed E-state index contributed by atoms with van der Waals surface area (Å²) in [6, 6.07) is 3.79. The molecule has 0 aromatic carbocycles. The van der Waals surface area contributed by atoms with Crippen molar-refractivity contribution < 1.29 is 14.3 Å². The highest BCUT2D eigenvalue weighted by Crippen LogP contribution is 2.09. The summed E-state index contributed by atoms with van der Waals surface area (Å²) in [7, 11) is 2.99. The van der Waals surface area contributed by atoms with Gasteiger partial charge in [-0.25, -0.2) is 4.98 Å². The molecule has 1 rings (SSSR count). The van der Waals surface area contributed by atoms with Gasteiger partial charge >= 0.3 is 5.97 Å². The van der Waals surface area contributed by atoms with Gasteiger partial charge in [-0.3, -0.25) is 4.79 Å². The normalized spacial score (nSPS) is 13.8. The molecule has 0 radical (unpaired) electrons.